The third kappa shape index (κ3) is 3.84. The van der Waals surface area contributed by atoms with Gasteiger partial charge in [-0.25, -0.2) is 9.97 Å². The zero-order valence-electron chi connectivity index (χ0n) is 15.9. The summed E-state index contributed by atoms with van der Waals surface area (Å²) in [5.41, 5.74) is 1.05. The average molecular weight is 395 g/mol. The lowest BCUT2D eigenvalue weighted by Crippen LogP contribution is -2.54. The molecule has 1 amide bonds. The Hall–Kier alpha value is -2.93. The lowest BCUT2D eigenvalue weighted by Gasteiger charge is -2.40. The van der Waals surface area contributed by atoms with Gasteiger partial charge in [0.2, 0.25) is 5.88 Å². The zero-order chi connectivity index (χ0) is 19.5. The van der Waals surface area contributed by atoms with Crippen molar-refractivity contribution in [2.45, 2.75) is 19.9 Å². The number of hydrogen-bond acceptors (Lipinski definition) is 6. The maximum absolute atomic E-state index is 12.7. The number of benzene rings is 1. The molecule has 0 bridgehead atoms. The Morgan fingerprint density at radius 1 is 1.18 bits per heavy atom. The fourth-order valence-electron chi connectivity index (χ4n) is 3.35. The Kier molecular flexibility index (Phi) is 5.25. The van der Waals surface area contributed by atoms with Crippen LogP contribution < -0.4 is 9.64 Å². The normalized spacial score (nSPS) is 16.9. The second-order valence-electron chi connectivity index (χ2n) is 6.85. The van der Waals surface area contributed by atoms with Crippen LogP contribution in [0.2, 0.25) is 0 Å². The number of aromatic nitrogens is 2. The molecule has 1 saturated heterocycles. The van der Waals surface area contributed by atoms with E-state index in [9.17, 15) is 4.79 Å². The van der Waals surface area contributed by atoms with Crippen LogP contribution in [0.5, 0.6) is 11.6 Å². The van der Waals surface area contributed by atoms with Crippen molar-refractivity contribution in [3.05, 3.63) is 64.6 Å². The molecule has 144 valence electrons. The fourth-order valence-corrected chi connectivity index (χ4v) is 4.03. The van der Waals surface area contributed by atoms with Crippen molar-refractivity contribution in [1.29, 1.82) is 0 Å². The quantitative estimate of drug-likeness (QED) is 0.670. The van der Waals surface area contributed by atoms with Crippen LogP contribution in [0, 0.1) is 6.92 Å². The molecule has 0 unspecified atom stereocenters. The SMILES string of the molecule is Cc1ccccc1Oc1cc(N2CCN(C(=O)c3cccs3)[C@@H](C)C2)ncn1. The Bertz CT molecular complexity index is 961. The smallest absolute Gasteiger partial charge is 0.264 e. The van der Waals surface area contributed by atoms with Crippen LogP contribution in [0.4, 0.5) is 5.82 Å². The number of hydrogen-bond donors (Lipinski definition) is 0. The molecule has 3 heterocycles. The van der Waals surface area contributed by atoms with Gasteiger partial charge in [-0.3, -0.25) is 4.79 Å². The van der Waals surface area contributed by atoms with Crippen molar-refractivity contribution in [3.8, 4) is 11.6 Å². The van der Waals surface area contributed by atoms with Gasteiger partial charge in [0.1, 0.15) is 17.9 Å². The first kappa shape index (κ1) is 18.4. The predicted octanol–water partition coefficient (Wildman–Crippen LogP) is 3.99. The first-order valence-electron chi connectivity index (χ1n) is 9.27. The molecule has 6 nitrogen and oxygen atoms in total. The van der Waals surface area contributed by atoms with Crippen LogP contribution in [-0.4, -0.2) is 46.5 Å². The summed E-state index contributed by atoms with van der Waals surface area (Å²) in [6.45, 7) is 6.18. The fraction of sp³-hybridized carbons (Fsp3) is 0.286. The topological polar surface area (TPSA) is 58.6 Å². The number of rotatable bonds is 4. The second kappa shape index (κ2) is 7.98. The van der Waals surface area contributed by atoms with Gasteiger partial charge in [-0.1, -0.05) is 24.3 Å². The summed E-state index contributed by atoms with van der Waals surface area (Å²) in [5, 5.41) is 1.94. The van der Waals surface area contributed by atoms with Crippen molar-refractivity contribution in [3.63, 3.8) is 0 Å². The van der Waals surface area contributed by atoms with Crippen LogP contribution >= 0.6 is 11.3 Å². The minimum absolute atomic E-state index is 0.0963. The largest absolute Gasteiger partial charge is 0.439 e. The summed E-state index contributed by atoms with van der Waals surface area (Å²) in [5.74, 6) is 2.22. The van der Waals surface area contributed by atoms with Crippen molar-refractivity contribution in [2.24, 2.45) is 0 Å². The highest BCUT2D eigenvalue weighted by Crippen LogP contribution is 2.26. The number of thiophene rings is 1. The molecule has 0 N–H and O–H groups in total. The molecule has 7 heteroatoms. The van der Waals surface area contributed by atoms with E-state index in [4.69, 9.17) is 4.74 Å². The standard InChI is InChI=1S/C21H22N4O2S/c1-15-6-3-4-7-17(15)27-20-12-19(22-14-23-20)24-9-10-25(16(2)13-24)21(26)18-8-5-11-28-18/h3-8,11-12,14,16H,9-10,13H2,1-2H3/t16-/m0/s1. The van der Waals surface area contributed by atoms with E-state index in [2.05, 4.69) is 21.8 Å². The average Bonchev–Trinajstić information content (AvgIpc) is 3.24. The number of carbonyl (C=O) groups excluding carboxylic acids is 1. The molecule has 4 rings (SSSR count). The van der Waals surface area contributed by atoms with Crippen LogP contribution in [0.3, 0.4) is 0 Å². The molecule has 2 aromatic heterocycles. The summed E-state index contributed by atoms with van der Waals surface area (Å²) in [4.78, 5) is 26.2. The number of anilines is 1. The van der Waals surface area contributed by atoms with E-state index in [-0.39, 0.29) is 11.9 Å². The summed E-state index contributed by atoms with van der Waals surface area (Å²) in [6.07, 6.45) is 1.52. The molecule has 1 aliphatic rings. The third-order valence-electron chi connectivity index (χ3n) is 4.88. The Balaban J connectivity index is 1.46. The highest BCUT2D eigenvalue weighted by Gasteiger charge is 2.29. The van der Waals surface area contributed by atoms with Crippen molar-refractivity contribution >= 4 is 23.1 Å². The Morgan fingerprint density at radius 3 is 2.79 bits per heavy atom. The molecule has 1 aliphatic heterocycles. The van der Waals surface area contributed by atoms with Crippen molar-refractivity contribution in [1.82, 2.24) is 14.9 Å². The highest BCUT2D eigenvalue weighted by molar-refractivity contribution is 7.12. The molecule has 0 saturated carbocycles. The number of carbonyl (C=O) groups is 1. The van der Waals surface area contributed by atoms with Gasteiger partial charge in [0.15, 0.2) is 0 Å². The van der Waals surface area contributed by atoms with Gasteiger partial charge in [-0.05, 0) is 36.9 Å². The molecular weight excluding hydrogens is 372 g/mol. The van der Waals surface area contributed by atoms with Gasteiger partial charge >= 0.3 is 0 Å². The monoisotopic (exact) mass is 394 g/mol. The summed E-state index contributed by atoms with van der Waals surface area (Å²) < 4.78 is 5.93. The molecular formula is C21H22N4O2S. The van der Waals surface area contributed by atoms with Crippen molar-refractivity contribution in [2.75, 3.05) is 24.5 Å². The Labute approximate surface area is 168 Å². The summed E-state index contributed by atoms with van der Waals surface area (Å²) in [7, 11) is 0. The van der Waals surface area contributed by atoms with Gasteiger partial charge in [0.25, 0.3) is 5.91 Å². The zero-order valence-corrected chi connectivity index (χ0v) is 16.7. The number of ether oxygens (including phenoxy) is 1. The van der Waals surface area contributed by atoms with E-state index in [0.717, 1.165) is 35.1 Å². The minimum atomic E-state index is 0.0963. The molecule has 1 atom stereocenters. The minimum Gasteiger partial charge on any atom is -0.439 e. The second-order valence-corrected chi connectivity index (χ2v) is 7.80. The molecule has 0 radical (unpaired) electrons. The lowest BCUT2D eigenvalue weighted by molar-refractivity contribution is 0.0678. The first-order chi connectivity index (χ1) is 13.6. The van der Waals surface area contributed by atoms with Gasteiger partial charge < -0.3 is 14.5 Å². The number of piperazine rings is 1. The van der Waals surface area contributed by atoms with E-state index >= 15 is 0 Å². The number of aryl methyl sites for hydroxylation is 1. The molecule has 28 heavy (non-hydrogen) atoms. The summed E-state index contributed by atoms with van der Waals surface area (Å²) >= 11 is 1.49. The molecule has 1 fully saturated rings. The van der Waals surface area contributed by atoms with Crippen LogP contribution in [0.25, 0.3) is 0 Å². The van der Waals surface area contributed by atoms with E-state index in [1.807, 2.05) is 59.7 Å². The lowest BCUT2D eigenvalue weighted by atomic mass is 10.2. The van der Waals surface area contributed by atoms with E-state index in [1.165, 1.54) is 17.7 Å². The number of para-hydroxylation sites is 1. The maximum atomic E-state index is 12.7. The first-order valence-corrected chi connectivity index (χ1v) is 10.1. The maximum Gasteiger partial charge on any atom is 0.264 e. The molecule has 3 aromatic rings. The van der Waals surface area contributed by atoms with Gasteiger partial charge in [0.05, 0.1) is 4.88 Å². The van der Waals surface area contributed by atoms with Gasteiger partial charge in [0, 0.05) is 31.7 Å². The molecule has 0 spiro atoms. The predicted molar refractivity (Wildman–Crippen MR) is 110 cm³/mol. The van der Waals surface area contributed by atoms with Crippen LogP contribution in [-0.2, 0) is 0 Å². The van der Waals surface area contributed by atoms with Crippen LogP contribution in [0.15, 0.2) is 54.2 Å². The third-order valence-corrected chi connectivity index (χ3v) is 5.74. The van der Waals surface area contributed by atoms with Crippen molar-refractivity contribution < 1.29 is 9.53 Å². The molecule has 1 aromatic carbocycles. The van der Waals surface area contributed by atoms with E-state index in [0.29, 0.717) is 12.4 Å². The number of amides is 1. The van der Waals surface area contributed by atoms with Crippen LogP contribution in [0.1, 0.15) is 22.2 Å². The molecule has 0 aliphatic carbocycles. The van der Waals surface area contributed by atoms with Gasteiger partial charge in [-0.2, -0.15) is 0 Å². The number of nitrogens with zero attached hydrogens (tertiary/aromatic N) is 4. The highest BCUT2D eigenvalue weighted by atomic mass is 32.1. The summed E-state index contributed by atoms with van der Waals surface area (Å²) in [6, 6.07) is 13.6. The Morgan fingerprint density at radius 2 is 2.04 bits per heavy atom. The van der Waals surface area contributed by atoms with Gasteiger partial charge in [-0.15, -0.1) is 11.3 Å². The van der Waals surface area contributed by atoms with E-state index in [1.54, 1.807) is 0 Å². The van der Waals surface area contributed by atoms with E-state index < -0.39 is 0 Å².